The van der Waals surface area contributed by atoms with Crippen molar-refractivity contribution in [1.82, 2.24) is 9.88 Å². The Morgan fingerprint density at radius 1 is 1.39 bits per heavy atom. The second-order valence-corrected chi connectivity index (χ2v) is 7.49. The molecule has 1 aliphatic rings. The highest BCUT2D eigenvalue weighted by Crippen LogP contribution is 2.32. The third kappa shape index (κ3) is 3.99. The van der Waals surface area contributed by atoms with Crippen molar-refractivity contribution >= 4 is 22.8 Å². The van der Waals surface area contributed by atoms with E-state index in [4.69, 9.17) is 15.0 Å². The lowest BCUT2D eigenvalue weighted by Crippen LogP contribution is -2.38. The smallest absolute Gasteiger partial charge is 0.339 e. The van der Waals surface area contributed by atoms with Gasteiger partial charge in [-0.15, -0.1) is 0 Å². The summed E-state index contributed by atoms with van der Waals surface area (Å²) in [6, 6.07) is 9.57. The van der Waals surface area contributed by atoms with Gasteiger partial charge >= 0.3 is 5.97 Å². The Hall–Kier alpha value is -2.94. The van der Waals surface area contributed by atoms with Crippen LogP contribution in [0.15, 0.2) is 24.3 Å². The van der Waals surface area contributed by atoms with E-state index in [0.29, 0.717) is 18.0 Å². The number of amides is 1. The van der Waals surface area contributed by atoms with Crippen molar-refractivity contribution in [3.63, 3.8) is 0 Å². The number of rotatable bonds is 5. The van der Waals surface area contributed by atoms with Crippen LogP contribution < -0.4 is 0 Å². The lowest BCUT2D eigenvalue weighted by molar-refractivity contribution is -0.138. The SMILES string of the molecule is C[C@H]1CCc2nc3ccccc3c(C(=O)O[C@@H](C)C(=O)N(C)CCC#N)c2C1. The summed E-state index contributed by atoms with van der Waals surface area (Å²) in [7, 11) is 1.61. The van der Waals surface area contributed by atoms with Gasteiger partial charge in [-0.2, -0.15) is 5.26 Å². The first-order valence-corrected chi connectivity index (χ1v) is 9.65. The highest BCUT2D eigenvalue weighted by Gasteiger charge is 2.29. The second-order valence-electron chi connectivity index (χ2n) is 7.49. The molecule has 0 saturated heterocycles. The van der Waals surface area contributed by atoms with E-state index < -0.39 is 12.1 Å². The third-order valence-corrected chi connectivity index (χ3v) is 5.28. The van der Waals surface area contributed by atoms with Gasteiger partial charge in [-0.1, -0.05) is 25.1 Å². The van der Waals surface area contributed by atoms with Crippen LogP contribution in [-0.4, -0.2) is 41.5 Å². The summed E-state index contributed by atoms with van der Waals surface area (Å²) >= 11 is 0. The fourth-order valence-electron chi connectivity index (χ4n) is 3.70. The van der Waals surface area contributed by atoms with Crippen molar-refractivity contribution in [3.05, 3.63) is 41.1 Å². The minimum atomic E-state index is -0.917. The summed E-state index contributed by atoms with van der Waals surface area (Å²) in [4.78, 5) is 31.7. The van der Waals surface area contributed by atoms with E-state index in [2.05, 4.69) is 6.92 Å². The molecule has 1 amide bonds. The summed E-state index contributed by atoms with van der Waals surface area (Å²) in [5, 5.41) is 9.45. The molecule has 1 aliphatic carbocycles. The maximum absolute atomic E-state index is 13.1. The van der Waals surface area contributed by atoms with Crippen LogP contribution in [-0.2, 0) is 22.4 Å². The maximum Gasteiger partial charge on any atom is 0.339 e. The van der Waals surface area contributed by atoms with Gasteiger partial charge in [0.2, 0.25) is 0 Å². The van der Waals surface area contributed by atoms with E-state index >= 15 is 0 Å². The van der Waals surface area contributed by atoms with Crippen LogP contribution in [0.1, 0.15) is 48.3 Å². The summed E-state index contributed by atoms with van der Waals surface area (Å²) in [6.45, 7) is 4.05. The molecule has 6 nitrogen and oxygen atoms in total. The molecule has 0 radical (unpaired) electrons. The van der Waals surface area contributed by atoms with E-state index in [-0.39, 0.29) is 12.3 Å². The van der Waals surface area contributed by atoms with E-state index in [1.807, 2.05) is 30.3 Å². The van der Waals surface area contributed by atoms with Gasteiger partial charge < -0.3 is 9.64 Å². The van der Waals surface area contributed by atoms with E-state index in [9.17, 15) is 9.59 Å². The van der Waals surface area contributed by atoms with Gasteiger partial charge in [0, 0.05) is 24.7 Å². The highest BCUT2D eigenvalue weighted by atomic mass is 16.5. The standard InChI is InChI=1S/C22H25N3O3/c1-14-9-10-19-17(13-14)20(16-7-4-5-8-18(16)24-19)22(27)28-15(2)21(26)25(3)12-6-11-23/h4-5,7-8,14-15H,6,9-10,12-13H2,1-3H3/t14-,15-/m0/s1. The molecule has 146 valence electrons. The summed E-state index contributed by atoms with van der Waals surface area (Å²) in [5.41, 5.74) is 3.20. The topological polar surface area (TPSA) is 83.3 Å². The number of pyridine rings is 1. The molecule has 0 spiro atoms. The Morgan fingerprint density at radius 2 is 2.14 bits per heavy atom. The minimum absolute atomic E-state index is 0.239. The first kappa shape index (κ1) is 19.8. The number of esters is 1. The molecule has 0 unspecified atom stereocenters. The van der Waals surface area contributed by atoms with Crippen LogP contribution in [0.4, 0.5) is 0 Å². The number of fused-ring (bicyclic) bond motifs is 2. The zero-order chi connectivity index (χ0) is 20.3. The number of aromatic nitrogens is 1. The molecule has 2 atom stereocenters. The van der Waals surface area contributed by atoms with Gasteiger partial charge in [0.25, 0.3) is 5.91 Å². The zero-order valence-electron chi connectivity index (χ0n) is 16.6. The van der Waals surface area contributed by atoms with Crippen molar-refractivity contribution < 1.29 is 14.3 Å². The van der Waals surface area contributed by atoms with Crippen LogP contribution in [0.2, 0.25) is 0 Å². The monoisotopic (exact) mass is 379 g/mol. The van der Waals surface area contributed by atoms with Crippen molar-refractivity contribution in [2.75, 3.05) is 13.6 Å². The fourth-order valence-corrected chi connectivity index (χ4v) is 3.70. The first-order chi connectivity index (χ1) is 13.4. The number of nitrogens with zero attached hydrogens (tertiary/aromatic N) is 3. The molecular weight excluding hydrogens is 354 g/mol. The average molecular weight is 379 g/mol. The van der Waals surface area contributed by atoms with Gasteiger partial charge in [0.15, 0.2) is 6.10 Å². The van der Waals surface area contributed by atoms with Gasteiger partial charge in [0.1, 0.15) is 0 Å². The van der Waals surface area contributed by atoms with Crippen molar-refractivity contribution in [3.8, 4) is 6.07 Å². The Bertz CT molecular complexity index is 948. The van der Waals surface area contributed by atoms with Gasteiger partial charge in [-0.05, 0) is 43.7 Å². The molecule has 0 N–H and O–H groups in total. The number of ether oxygens (including phenoxy) is 1. The molecular formula is C22H25N3O3. The van der Waals surface area contributed by atoms with E-state index in [1.54, 1.807) is 14.0 Å². The molecule has 0 bridgehead atoms. The predicted octanol–water partition coefficient (Wildman–Crippen LogP) is 3.28. The molecule has 6 heteroatoms. The Balaban J connectivity index is 1.92. The van der Waals surface area contributed by atoms with Crippen LogP contribution in [0.5, 0.6) is 0 Å². The first-order valence-electron chi connectivity index (χ1n) is 9.65. The van der Waals surface area contributed by atoms with Gasteiger partial charge in [0.05, 0.1) is 23.6 Å². The molecule has 3 rings (SSSR count). The highest BCUT2D eigenvalue weighted by molar-refractivity contribution is 6.05. The van der Waals surface area contributed by atoms with Crippen molar-refractivity contribution in [2.45, 2.75) is 45.6 Å². The lowest BCUT2D eigenvalue weighted by atomic mass is 9.84. The quantitative estimate of drug-likeness (QED) is 0.745. The van der Waals surface area contributed by atoms with Crippen LogP contribution >= 0.6 is 0 Å². The number of nitriles is 1. The Morgan fingerprint density at radius 3 is 2.89 bits per heavy atom. The molecule has 1 heterocycles. The molecule has 1 aromatic heterocycles. The predicted molar refractivity (Wildman–Crippen MR) is 106 cm³/mol. The van der Waals surface area contributed by atoms with Crippen LogP contribution in [0.25, 0.3) is 10.9 Å². The molecule has 0 saturated carbocycles. The number of aryl methyl sites for hydroxylation is 1. The largest absolute Gasteiger partial charge is 0.449 e. The van der Waals surface area contributed by atoms with Gasteiger partial charge in [-0.3, -0.25) is 9.78 Å². The average Bonchev–Trinajstić information content (AvgIpc) is 2.69. The van der Waals surface area contributed by atoms with Crippen LogP contribution in [0.3, 0.4) is 0 Å². The second kappa shape index (κ2) is 8.39. The van der Waals surface area contributed by atoms with Gasteiger partial charge in [-0.25, -0.2) is 4.79 Å². The van der Waals surface area contributed by atoms with E-state index in [0.717, 1.165) is 41.4 Å². The summed E-state index contributed by atoms with van der Waals surface area (Å²) < 4.78 is 5.57. The Labute approximate surface area is 165 Å². The number of hydrogen-bond acceptors (Lipinski definition) is 5. The molecule has 28 heavy (non-hydrogen) atoms. The lowest BCUT2D eigenvalue weighted by Gasteiger charge is -2.25. The zero-order valence-corrected chi connectivity index (χ0v) is 16.6. The van der Waals surface area contributed by atoms with Crippen molar-refractivity contribution in [1.29, 1.82) is 5.26 Å². The third-order valence-electron chi connectivity index (χ3n) is 5.28. The summed E-state index contributed by atoms with van der Waals surface area (Å²) in [6.07, 6.45) is 1.99. The number of hydrogen-bond donors (Lipinski definition) is 0. The maximum atomic E-state index is 13.1. The number of benzene rings is 1. The number of carbonyl (C=O) groups is 2. The normalized spacial score (nSPS) is 16.7. The Kier molecular flexibility index (Phi) is 5.93. The fraction of sp³-hybridized carbons (Fsp3) is 0.455. The summed E-state index contributed by atoms with van der Waals surface area (Å²) in [5.74, 6) is -0.333. The molecule has 0 aliphatic heterocycles. The van der Waals surface area contributed by atoms with Crippen LogP contribution in [0, 0.1) is 17.2 Å². The minimum Gasteiger partial charge on any atom is -0.449 e. The molecule has 0 fully saturated rings. The number of likely N-dealkylation sites (N-methyl/N-ethyl adjacent to an activating group) is 1. The number of carbonyl (C=O) groups excluding carboxylic acids is 2. The van der Waals surface area contributed by atoms with E-state index in [1.165, 1.54) is 4.90 Å². The molecule has 1 aromatic carbocycles. The number of para-hydroxylation sites is 1. The van der Waals surface area contributed by atoms with Crippen molar-refractivity contribution in [2.24, 2.45) is 5.92 Å². The molecule has 2 aromatic rings.